The second kappa shape index (κ2) is 5.08. The number of aliphatic carboxylic acids is 1. The fourth-order valence-electron chi connectivity index (χ4n) is 0.651. The Morgan fingerprint density at radius 1 is 1.83 bits per heavy atom. The van der Waals surface area contributed by atoms with Crippen LogP contribution in [0.25, 0.3) is 0 Å². The van der Waals surface area contributed by atoms with Crippen LogP contribution in [0.4, 0.5) is 0 Å². The zero-order valence-electron chi connectivity index (χ0n) is 6.14. The molecule has 0 bridgehead atoms. The van der Waals surface area contributed by atoms with Crippen molar-refractivity contribution in [3.8, 4) is 0 Å². The predicted molar refractivity (Wildman–Crippen MR) is 48.7 cm³/mol. The average Bonchev–Trinajstić information content (AvgIpc) is 2.39. The summed E-state index contributed by atoms with van der Waals surface area (Å²) in [7, 11) is 0. The largest absolute Gasteiger partial charge is 0.480 e. The third-order valence-electron chi connectivity index (χ3n) is 1.23. The second-order valence-corrected chi connectivity index (χ2v) is 2.85. The second-order valence-electron chi connectivity index (χ2n) is 2.13. The first-order valence-electron chi connectivity index (χ1n) is 3.05. The molecule has 0 spiro atoms. The fraction of sp³-hybridized carbons (Fsp3) is 0.333. The minimum atomic E-state index is -0.988. The Labute approximate surface area is 79.8 Å². The van der Waals surface area contributed by atoms with Gasteiger partial charge in [-0.2, -0.15) is 0 Å². The molecule has 0 saturated carbocycles. The number of carboxylic acid groups (broad SMARTS) is 1. The van der Waals surface area contributed by atoms with Gasteiger partial charge in [0.1, 0.15) is 6.04 Å². The molecule has 0 radical (unpaired) electrons. The number of hydrogen-bond acceptors (Lipinski definition) is 4. The van der Waals surface area contributed by atoms with Gasteiger partial charge in [0, 0.05) is 11.8 Å². The number of hydrogen-bond donors (Lipinski definition) is 2. The van der Waals surface area contributed by atoms with Gasteiger partial charge < -0.3 is 10.8 Å². The summed E-state index contributed by atoms with van der Waals surface area (Å²) in [5.74, 6) is -0.988. The van der Waals surface area contributed by atoms with Crippen LogP contribution >= 0.6 is 23.7 Å². The Morgan fingerprint density at radius 3 is 2.92 bits per heavy atom. The molecule has 12 heavy (non-hydrogen) atoms. The first-order chi connectivity index (χ1) is 5.20. The molecule has 1 atom stereocenters. The monoisotopic (exact) mass is 208 g/mol. The summed E-state index contributed by atoms with van der Waals surface area (Å²) in [6.07, 6.45) is 0.304. The summed E-state index contributed by atoms with van der Waals surface area (Å²) in [5.41, 5.74) is 7.67. The zero-order valence-corrected chi connectivity index (χ0v) is 7.77. The Morgan fingerprint density at radius 2 is 2.50 bits per heavy atom. The first-order valence-corrected chi connectivity index (χ1v) is 4.00. The van der Waals surface area contributed by atoms with Gasteiger partial charge in [0.05, 0.1) is 11.2 Å². The van der Waals surface area contributed by atoms with E-state index >= 15 is 0 Å². The lowest BCUT2D eigenvalue weighted by atomic mass is 10.2. The number of aromatic nitrogens is 1. The number of nitrogens with zero attached hydrogens (tertiary/aromatic N) is 1. The maximum Gasteiger partial charge on any atom is 0.320 e. The molecule has 6 heteroatoms. The normalized spacial score (nSPS) is 11.8. The van der Waals surface area contributed by atoms with E-state index in [-0.39, 0.29) is 12.4 Å². The maximum atomic E-state index is 10.3. The topological polar surface area (TPSA) is 76.2 Å². The fourth-order valence-corrected chi connectivity index (χ4v) is 1.22. The molecule has 0 aliphatic heterocycles. The zero-order chi connectivity index (χ0) is 8.27. The number of nitrogens with two attached hydrogens (primary N) is 1. The molecule has 0 saturated heterocycles. The molecule has 0 aliphatic rings. The van der Waals surface area contributed by atoms with Gasteiger partial charge in [-0.25, -0.2) is 4.98 Å². The summed E-state index contributed by atoms with van der Waals surface area (Å²) in [4.78, 5) is 14.2. The molecule has 0 amide bonds. The van der Waals surface area contributed by atoms with Crippen molar-refractivity contribution in [2.24, 2.45) is 5.73 Å². The van der Waals surface area contributed by atoms with Crippen LogP contribution in [0.15, 0.2) is 10.9 Å². The van der Waals surface area contributed by atoms with Crippen molar-refractivity contribution < 1.29 is 9.90 Å². The number of thiazole rings is 1. The Kier molecular flexibility index (Phi) is 4.80. The van der Waals surface area contributed by atoms with Crippen LogP contribution in [-0.4, -0.2) is 22.1 Å². The van der Waals surface area contributed by atoms with Crippen molar-refractivity contribution in [1.29, 1.82) is 0 Å². The van der Waals surface area contributed by atoms with Crippen molar-refractivity contribution in [1.82, 2.24) is 4.98 Å². The lowest BCUT2D eigenvalue weighted by Gasteiger charge is -2.01. The van der Waals surface area contributed by atoms with Crippen molar-refractivity contribution in [3.05, 3.63) is 16.6 Å². The van der Waals surface area contributed by atoms with E-state index in [0.29, 0.717) is 6.42 Å². The van der Waals surface area contributed by atoms with Gasteiger partial charge in [-0.3, -0.25) is 4.79 Å². The van der Waals surface area contributed by atoms with Crippen molar-refractivity contribution in [2.45, 2.75) is 12.5 Å². The molecule has 1 aromatic rings. The first kappa shape index (κ1) is 11.4. The van der Waals surface area contributed by atoms with E-state index < -0.39 is 12.0 Å². The van der Waals surface area contributed by atoms with Gasteiger partial charge in [0.15, 0.2) is 0 Å². The molecule has 1 heterocycles. The van der Waals surface area contributed by atoms with Crippen molar-refractivity contribution >= 4 is 29.7 Å². The Hall–Kier alpha value is -0.650. The SMILES string of the molecule is Cl.NC(Cc1cscn1)C(=O)O. The van der Waals surface area contributed by atoms with E-state index in [1.165, 1.54) is 11.3 Å². The van der Waals surface area contributed by atoms with E-state index in [1.54, 1.807) is 10.9 Å². The van der Waals surface area contributed by atoms with Gasteiger partial charge in [-0.1, -0.05) is 0 Å². The number of rotatable bonds is 3. The lowest BCUT2D eigenvalue weighted by Crippen LogP contribution is -2.32. The van der Waals surface area contributed by atoms with Crippen molar-refractivity contribution in [2.75, 3.05) is 0 Å². The minimum absolute atomic E-state index is 0. The molecule has 4 nitrogen and oxygen atoms in total. The summed E-state index contributed by atoms with van der Waals surface area (Å²) < 4.78 is 0. The van der Waals surface area contributed by atoms with Crippen LogP contribution in [0, 0.1) is 0 Å². The van der Waals surface area contributed by atoms with E-state index in [2.05, 4.69) is 4.98 Å². The number of carboxylic acids is 1. The van der Waals surface area contributed by atoms with E-state index in [0.717, 1.165) is 5.69 Å². The maximum absolute atomic E-state index is 10.3. The Bertz CT molecular complexity index is 240. The molecule has 1 aromatic heterocycles. The summed E-state index contributed by atoms with van der Waals surface area (Å²) >= 11 is 1.43. The summed E-state index contributed by atoms with van der Waals surface area (Å²) in [6.45, 7) is 0. The molecular formula is C6H9ClN2O2S. The van der Waals surface area contributed by atoms with Gasteiger partial charge in [0.2, 0.25) is 0 Å². The average molecular weight is 209 g/mol. The van der Waals surface area contributed by atoms with Crippen molar-refractivity contribution in [3.63, 3.8) is 0 Å². The molecule has 0 fully saturated rings. The van der Waals surface area contributed by atoms with Crippen LogP contribution in [0.2, 0.25) is 0 Å². The molecule has 0 aromatic carbocycles. The highest BCUT2D eigenvalue weighted by atomic mass is 35.5. The molecule has 0 aliphatic carbocycles. The molecule has 3 N–H and O–H groups in total. The minimum Gasteiger partial charge on any atom is -0.480 e. The highest BCUT2D eigenvalue weighted by molar-refractivity contribution is 7.07. The highest BCUT2D eigenvalue weighted by Gasteiger charge is 2.12. The standard InChI is InChI=1S/C6H8N2O2S.ClH/c7-5(6(9)10)1-4-2-11-3-8-4;/h2-3,5H,1,7H2,(H,9,10);1H. The van der Waals surface area contributed by atoms with Crippen LogP contribution in [-0.2, 0) is 11.2 Å². The van der Waals surface area contributed by atoms with Crippen LogP contribution in [0.3, 0.4) is 0 Å². The van der Waals surface area contributed by atoms with Gasteiger partial charge in [-0.15, -0.1) is 23.7 Å². The van der Waals surface area contributed by atoms with Crippen LogP contribution < -0.4 is 5.73 Å². The van der Waals surface area contributed by atoms with E-state index in [1.807, 2.05) is 0 Å². The van der Waals surface area contributed by atoms with E-state index in [9.17, 15) is 4.79 Å². The molecular weight excluding hydrogens is 200 g/mol. The van der Waals surface area contributed by atoms with Crippen LogP contribution in [0.5, 0.6) is 0 Å². The van der Waals surface area contributed by atoms with Gasteiger partial charge in [-0.05, 0) is 0 Å². The number of carbonyl (C=O) groups is 1. The molecule has 1 rings (SSSR count). The van der Waals surface area contributed by atoms with Gasteiger partial charge >= 0.3 is 5.97 Å². The third kappa shape index (κ3) is 3.17. The molecule has 68 valence electrons. The number of halogens is 1. The quantitative estimate of drug-likeness (QED) is 0.760. The third-order valence-corrected chi connectivity index (χ3v) is 1.86. The summed E-state index contributed by atoms with van der Waals surface area (Å²) in [6, 6.07) is -0.836. The highest BCUT2D eigenvalue weighted by Crippen LogP contribution is 2.02. The Balaban J connectivity index is 0.00000121. The lowest BCUT2D eigenvalue weighted by molar-refractivity contribution is -0.138. The van der Waals surface area contributed by atoms with Gasteiger partial charge in [0.25, 0.3) is 0 Å². The molecule has 1 unspecified atom stereocenters. The van der Waals surface area contributed by atoms with E-state index in [4.69, 9.17) is 10.8 Å². The smallest absolute Gasteiger partial charge is 0.320 e. The predicted octanol–water partition coefficient (Wildman–Crippen LogP) is 0.519. The van der Waals surface area contributed by atoms with Crippen LogP contribution in [0.1, 0.15) is 5.69 Å². The summed E-state index contributed by atoms with van der Waals surface area (Å²) in [5, 5.41) is 10.2.